The zero-order valence-electron chi connectivity index (χ0n) is 12.1. The summed E-state index contributed by atoms with van der Waals surface area (Å²) >= 11 is 9.23. The molecule has 0 spiro atoms. The van der Waals surface area contributed by atoms with Gasteiger partial charge in [-0.2, -0.15) is 5.10 Å². The Balaban J connectivity index is 1.86. The second-order valence-electron chi connectivity index (χ2n) is 4.51. The van der Waals surface area contributed by atoms with Gasteiger partial charge in [-0.25, -0.2) is 5.43 Å². The van der Waals surface area contributed by atoms with Crippen LogP contribution in [0.15, 0.2) is 52.0 Å². The lowest BCUT2D eigenvalue weighted by Gasteiger charge is -2.07. The molecule has 124 valence electrons. The molecule has 1 amide bonds. The van der Waals surface area contributed by atoms with Crippen LogP contribution in [0.2, 0.25) is 5.02 Å². The van der Waals surface area contributed by atoms with Crippen LogP contribution in [0, 0.1) is 10.1 Å². The lowest BCUT2D eigenvalue weighted by molar-refractivity contribution is -0.384. The summed E-state index contributed by atoms with van der Waals surface area (Å²) in [5.74, 6) is -0.117. The normalized spacial score (nSPS) is 10.6. The number of rotatable bonds is 6. The van der Waals surface area contributed by atoms with E-state index < -0.39 is 10.8 Å². The Morgan fingerprint density at radius 3 is 2.88 bits per heavy atom. The largest absolute Gasteiger partial charge is 0.482 e. The van der Waals surface area contributed by atoms with Crippen molar-refractivity contribution in [3.63, 3.8) is 0 Å². The number of nitrogens with one attached hydrogen (secondary N) is 1. The molecular weight excluding hydrogens is 402 g/mol. The predicted molar refractivity (Wildman–Crippen MR) is 93.5 cm³/mol. The summed E-state index contributed by atoms with van der Waals surface area (Å²) in [6.45, 7) is -0.270. The molecule has 0 unspecified atom stereocenters. The van der Waals surface area contributed by atoms with Crippen molar-refractivity contribution in [3.05, 3.63) is 67.6 Å². The first-order valence-corrected chi connectivity index (χ1v) is 7.77. The van der Waals surface area contributed by atoms with Gasteiger partial charge in [-0.3, -0.25) is 14.9 Å². The Labute approximate surface area is 150 Å². The van der Waals surface area contributed by atoms with E-state index in [2.05, 4.69) is 26.5 Å². The van der Waals surface area contributed by atoms with E-state index in [1.165, 1.54) is 24.4 Å². The third-order valence-corrected chi connectivity index (χ3v) is 3.53. The third-order valence-electron chi connectivity index (χ3n) is 2.74. The number of carbonyl (C=O) groups excluding carboxylic acids is 1. The van der Waals surface area contributed by atoms with E-state index in [4.69, 9.17) is 16.3 Å². The van der Waals surface area contributed by atoms with Crippen LogP contribution in [0.25, 0.3) is 0 Å². The van der Waals surface area contributed by atoms with Crippen molar-refractivity contribution in [2.75, 3.05) is 6.61 Å². The molecule has 1 N–H and O–H groups in total. The van der Waals surface area contributed by atoms with Crippen molar-refractivity contribution >= 4 is 45.3 Å². The van der Waals surface area contributed by atoms with Crippen molar-refractivity contribution in [3.8, 4) is 5.75 Å². The molecule has 0 atom stereocenters. The number of non-ortho nitro benzene ring substituents is 1. The van der Waals surface area contributed by atoms with Crippen LogP contribution in [0.3, 0.4) is 0 Å². The number of nitro groups is 1. The quantitative estimate of drug-likeness (QED) is 0.446. The molecule has 9 heteroatoms. The van der Waals surface area contributed by atoms with E-state index in [1.54, 1.807) is 24.3 Å². The highest BCUT2D eigenvalue weighted by Gasteiger charge is 2.06. The molecule has 0 fully saturated rings. The van der Waals surface area contributed by atoms with Gasteiger partial charge in [-0.1, -0.05) is 39.7 Å². The van der Waals surface area contributed by atoms with E-state index in [-0.39, 0.29) is 12.3 Å². The second-order valence-corrected chi connectivity index (χ2v) is 5.83. The maximum absolute atomic E-state index is 11.6. The Morgan fingerprint density at radius 2 is 2.17 bits per heavy atom. The standard InChI is InChI=1S/C15H11BrClN3O4/c16-11-4-5-14(13(17)7-11)24-9-15(21)19-18-8-10-2-1-3-12(6-10)20(22)23/h1-8H,9H2,(H,19,21)/b18-8+. The molecule has 24 heavy (non-hydrogen) atoms. The topological polar surface area (TPSA) is 93.8 Å². The van der Waals surface area contributed by atoms with E-state index in [0.717, 1.165) is 4.47 Å². The van der Waals surface area contributed by atoms with Crippen LogP contribution >= 0.6 is 27.5 Å². The van der Waals surface area contributed by atoms with Gasteiger partial charge in [0.15, 0.2) is 6.61 Å². The van der Waals surface area contributed by atoms with Gasteiger partial charge in [0, 0.05) is 22.2 Å². The van der Waals surface area contributed by atoms with Gasteiger partial charge < -0.3 is 4.74 Å². The van der Waals surface area contributed by atoms with Crippen LogP contribution < -0.4 is 10.2 Å². The zero-order valence-corrected chi connectivity index (χ0v) is 14.5. The number of amides is 1. The van der Waals surface area contributed by atoms with Crippen molar-refractivity contribution in [2.45, 2.75) is 0 Å². The van der Waals surface area contributed by atoms with Gasteiger partial charge in [-0.05, 0) is 18.2 Å². The number of halogens is 2. The molecule has 7 nitrogen and oxygen atoms in total. The number of hydrogen-bond acceptors (Lipinski definition) is 5. The molecule has 0 aliphatic carbocycles. The Bertz CT molecular complexity index is 798. The number of nitrogens with zero attached hydrogens (tertiary/aromatic N) is 2. The minimum Gasteiger partial charge on any atom is -0.482 e. The molecule has 2 rings (SSSR count). The molecule has 2 aromatic rings. The highest BCUT2D eigenvalue weighted by Crippen LogP contribution is 2.27. The van der Waals surface area contributed by atoms with E-state index in [1.807, 2.05) is 0 Å². The molecule has 0 saturated carbocycles. The zero-order chi connectivity index (χ0) is 17.5. The van der Waals surface area contributed by atoms with Crippen molar-refractivity contribution < 1.29 is 14.5 Å². The van der Waals surface area contributed by atoms with E-state index in [9.17, 15) is 14.9 Å². The Kier molecular flexibility index (Phi) is 6.28. The van der Waals surface area contributed by atoms with E-state index >= 15 is 0 Å². The van der Waals surface area contributed by atoms with Crippen molar-refractivity contribution in [2.24, 2.45) is 5.10 Å². The lowest BCUT2D eigenvalue weighted by Crippen LogP contribution is -2.24. The van der Waals surface area contributed by atoms with Crippen molar-refractivity contribution in [1.29, 1.82) is 0 Å². The number of carbonyl (C=O) groups is 1. The van der Waals surface area contributed by atoms with Crippen molar-refractivity contribution in [1.82, 2.24) is 5.43 Å². The first-order chi connectivity index (χ1) is 11.5. The molecule has 0 bridgehead atoms. The average molecular weight is 413 g/mol. The third kappa shape index (κ3) is 5.32. The summed E-state index contributed by atoms with van der Waals surface area (Å²) < 4.78 is 6.08. The molecule has 0 aliphatic heterocycles. The Morgan fingerprint density at radius 1 is 1.38 bits per heavy atom. The molecule has 0 aromatic heterocycles. The molecular formula is C15H11BrClN3O4. The number of hydrazone groups is 1. The number of ether oxygens (including phenoxy) is 1. The highest BCUT2D eigenvalue weighted by atomic mass is 79.9. The summed E-state index contributed by atoms with van der Waals surface area (Å²) in [6, 6.07) is 10.9. The molecule has 0 saturated heterocycles. The van der Waals surface area contributed by atoms with E-state index in [0.29, 0.717) is 16.3 Å². The average Bonchev–Trinajstić information content (AvgIpc) is 2.54. The Hall–Kier alpha value is -2.45. The fourth-order valence-corrected chi connectivity index (χ4v) is 2.39. The fraction of sp³-hybridized carbons (Fsp3) is 0.0667. The van der Waals surface area contributed by atoms with Gasteiger partial charge in [0.1, 0.15) is 5.75 Å². The monoisotopic (exact) mass is 411 g/mol. The summed E-state index contributed by atoms with van der Waals surface area (Å²) in [5.41, 5.74) is 2.69. The van der Waals surface area contributed by atoms with Gasteiger partial charge in [0.2, 0.25) is 0 Å². The van der Waals surface area contributed by atoms with Gasteiger partial charge in [-0.15, -0.1) is 0 Å². The maximum Gasteiger partial charge on any atom is 0.277 e. The van der Waals surface area contributed by atoms with Gasteiger partial charge in [0.25, 0.3) is 11.6 Å². The lowest BCUT2D eigenvalue weighted by atomic mass is 10.2. The summed E-state index contributed by atoms with van der Waals surface area (Å²) in [7, 11) is 0. The van der Waals surface area contributed by atoms with Crippen LogP contribution in [0.1, 0.15) is 5.56 Å². The SMILES string of the molecule is O=C(COc1ccc(Br)cc1Cl)N/N=C/c1cccc([N+](=O)[O-])c1. The number of nitro benzene ring substituents is 1. The van der Waals surface area contributed by atoms with Gasteiger partial charge in [0.05, 0.1) is 16.2 Å². The summed E-state index contributed by atoms with van der Waals surface area (Å²) in [6.07, 6.45) is 1.30. The van der Waals surface area contributed by atoms with Crippen LogP contribution in [-0.2, 0) is 4.79 Å². The second kappa shape index (κ2) is 8.42. The maximum atomic E-state index is 11.6. The predicted octanol–water partition coefficient (Wildman–Crippen LogP) is 3.54. The van der Waals surface area contributed by atoms with Crippen LogP contribution in [0.4, 0.5) is 5.69 Å². The number of hydrogen-bond donors (Lipinski definition) is 1. The highest BCUT2D eigenvalue weighted by molar-refractivity contribution is 9.10. The summed E-state index contributed by atoms with van der Waals surface area (Å²) in [4.78, 5) is 21.8. The van der Waals surface area contributed by atoms with Crippen LogP contribution in [0.5, 0.6) is 5.75 Å². The molecule has 2 aromatic carbocycles. The van der Waals surface area contributed by atoms with Gasteiger partial charge >= 0.3 is 0 Å². The first kappa shape index (κ1) is 17.9. The number of benzene rings is 2. The molecule has 0 radical (unpaired) electrons. The first-order valence-electron chi connectivity index (χ1n) is 6.60. The van der Waals surface area contributed by atoms with Crippen LogP contribution in [-0.4, -0.2) is 23.7 Å². The molecule has 0 aliphatic rings. The minimum atomic E-state index is -0.508. The summed E-state index contributed by atoms with van der Waals surface area (Å²) in [5, 5.41) is 14.8. The smallest absolute Gasteiger partial charge is 0.277 e. The fourth-order valence-electron chi connectivity index (χ4n) is 1.67. The minimum absolute atomic E-state index is 0.0570. The molecule has 0 heterocycles.